The number of rotatable bonds is 1. The van der Waals surface area contributed by atoms with Crippen molar-refractivity contribution in [3.63, 3.8) is 0 Å². The molecule has 17 heavy (non-hydrogen) atoms. The zero-order valence-electron chi connectivity index (χ0n) is 10.8. The van der Waals surface area contributed by atoms with Crippen LogP contribution < -0.4 is 0 Å². The van der Waals surface area contributed by atoms with E-state index in [9.17, 15) is 9.90 Å². The lowest BCUT2D eigenvalue weighted by atomic mass is 9.56. The first-order chi connectivity index (χ1) is 7.89. The van der Waals surface area contributed by atoms with Crippen molar-refractivity contribution in [2.75, 3.05) is 0 Å². The van der Waals surface area contributed by atoms with Gasteiger partial charge in [0, 0.05) is 0 Å². The Labute approximate surface area is 103 Å². The number of carboxylic acid groups (broad SMARTS) is 1. The summed E-state index contributed by atoms with van der Waals surface area (Å²) in [7, 11) is 0. The van der Waals surface area contributed by atoms with E-state index in [0.29, 0.717) is 11.8 Å². The summed E-state index contributed by atoms with van der Waals surface area (Å²) >= 11 is 0. The number of fused-ring (bicyclic) bond motifs is 1. The lowest BCUT2D eigenvalue weighted by Crippen LogP contribution is -2.42. The first-order valence-corrected chi connectivity index (χ1v) is 6.81. The largest absolute Gasteiger partial charge is 0.481 e. The first-order valence-electron chi connectivity index (χ1n) is 6.81. The van der Waals surface area contributed by atoms with E-state index in [1.165, 1.54) is 12.0 Å². The van der Waals surface area contributed by atoms with E-state index < -0.39 is 5.97 Å². The topological polar surface area (TPSA) is 37.3 Å². The Morgan fingerprint density at radius 3 is 2.71 bits per heavy atom. The van der Waals surface area contributed by atoms with Crippen LogP contribution in [0, 0.1) is 28.6 Å². The maximum Gasteiger partial charge on any atom is 0.307 e. The van der Waals surface area contributed by atoms with Crippen molar-refractivity contribution in [2.24, 2.45) is 28.6 Å². The Morgan fingerprint density at radius 2 is 2.06 bits per heavy atom. The second-order valence-corrected chi connectivity index (χ2v) is 6.94. The summed E-state index contributed by atoms with van der Waals surface area (Å²) in [6, 6.07) is 0. The third kappa shape index (κ3) is 1.19. The van der Waals surface area contributed by atoms with E-state index in [1.807, 2.05) is 0 Å². The monoisotopic (exact) mass is 234 g/mol. The predicted molar refractivity (Wildman–Crippen MR) is 66.5 cm³/mol. The molecule has 3 aliphatic rings. The summed E-state index contributed by atoms with van der Waals surface area (Å²) < 4.78 is 0. The zero-order valence-corrected chi connectivity index (χ0v) is 10.8. The number of hydrogen-bond acceptors (Lipinski definition) is 1. The van der Waals surface area contributed by atoms with Crippen molar-refractivity contribution in [3.8, 4) is 0 Å². The minimum atomic E-state index is -0.569. The fourth-order valence-corrected chi connectivity index (χ4v) is 5.11. The number of hydrogen-bond donors (Lipinski definition) is 1. The smallest absolute Gasteiger partial charge is 0.307 e. The molecule has 3 rings (SSSR count). The fourth-order valence-electron chi connectivity index (χ4n) is 5.11. The highest BCUT2D eigenvalue weighted by atomic mass is 16.4. The maximum absolute atomic E-state index is 11.5. The molecule has 0 unspecified atom stereocenters. The summed E-state index contributed by atoms with van der Waals surface area (Å²) in [5.74, 6) is 0.453. The van der Waals surface area contributed by atoms with E-state index in [-0.39, 0.29) is 16.7 Å². The van der Waals surface area contributed by atoms with Gasteiger partial charge in [-0.1, -0.05) is 26.0 Å². The second-order valence-electron chi connectivity index (χ2n) is 6.94. The number of carbonyl (C=O) groups is 1. The lowest BCUT2D eigenvalue weighted by molar-refractivity contribution is -0.146. The van der Waals surface area contributed by atoms with E-state index in [1.54, 1.807) is 0 Å². The molecule has 0 radical (unpaired) electrons. The minimum Gasteiger partial charge on any atom is -0.481 e. The summed E-state index contributed by atoms with van der Waals surface area (Å²) in [6.07, 6.45) is 5.35. The van der Waals surface area contributed by atoms with E-state index >= 15 is 0 Å². The van der Waals surface area contributed by atoms with Gasteiger partial charge in [-0.2, -0.15) is 0 Å². The van der Waals surface area contributed by atoms with Crippen LogP contribution in [0.25, 0.3) is 0 Å². The van der Waals surface area contributed by atoms with Gasteiger partial charge in [-0.05, 0) is 54.8 Å². The average molecular weight is 234 g/mol. The highest BCUT2D eigenvalue weighted by Gasteiger charge is 2.63. The number of carboxylic acids is 1. The molecule has 0 aromatic heterocycles. The van der Waals surface area contributed by atoms with Gasteiger partial charge in [-0.15, -0.1) is 0 Å². The van der Waals surface area contributed by atoms with E-state index in [4.69, 9.17) is 0 Å². The van der Waals surface area contributed by atoms with Gasteiger partial charge in [0.25, 0.3) is 0 Å². The number of aliphatic carboxylic acids is 1. The highest BCUT2D eigenvalue weighted by molar-refractivity contribution is 5.72. The Kier molecular flexibility index (Phi) is 2.10. The molecule has 94 valence electrons. The van der Waals surface area contributed by atoms with Crippen LogP contribution in [0.5, 0.6) is 0 Å². The van der Waals surface area contributed by atoms with Gasteiger partial charge in [-0.25, -0.2) is 0 Å². The predicted octanol–water partition coefficient (Wildman–Crippen LogP) is 3.48. The Morgan fingerprint density at radius 1 is 1.35 bits per heavy atom. The van der Waals surface area contributed by atoms with Crippen LogP contribution in [0.15, 0.2) is 12.2 Å². The lowest BCUT2D eigenvalue weighted by Gasteiger charge is -2.48. The van der Waals surface area contributed by atoms with Crippen molar-refractivity contribution < 1.29 is 9.90 Å². The third-order valence-corrected chi connectivity index (χ3v) is 6.28. The third-order valence-electron chi connectivity index (χ3n) is 6.28. The van der Waals surface area contributed by atoms with Gasteiger partial charge in [0.15, 0.2) is 0 Å². The van der Waals surface area contributed by atoms with Crippen LogP contribution >= 0.6 is 0 Å². The van der Waals surface area contributed by atoms with Crippen molar-refractivity contribution in [1.82, 2.24) is 0 Å². The Hall–Kier alpha value is -0.790. The molecule has 3 aliphatic carbocycles. The SMILES string of the molecule is C=C1[C@@H]2CC[C@@H](C(=O)O)[C@]23CC[C@@H](C3)C1(C)C. The van der Waals surface area contributed by atoms with Gasteiger partial charge < -0.3 is 5.11 Å². The molecule has 3 fully saturated rings. The van der Waals surface area contributed by atoms with Crippen LogP contribution in [-0.4, -0.2) is 11.1 Å². The molecule has 0 amide bonds. The molecule has 4 atom stereocenters. The molecule has 0 aromatic carbocycles. The van der Waals surface area contributed by atoms with Crippen molar-refractivity contribution in [3.05, 3.63) is 12.2 Å². The number of allylic oxidation sites excluding steroid dienone is 1. The molecule has 1 N–H and O–H groups in total. The first kappa shape index (κ1) is 11.3. The quantitative estimate of drug-likeness (QED) is 0.705. The minimum absolute atomic E-state index is 0.0725. The van der Waals surface area contributed by atoms with Crippen LogP contribution in [-0.2, 0) is 4.79 Å². The van der Waals surface area contributed by atoms with Crippen molar-refractivity contribution in [2.45, 2.75) is 46.0 Å². The Balaban J connectivity index is 2.05. The van der Waals surface area contributed by atoms with Crippen molar-refractivity contribution in [1.29, 1.82) is 0 Å². The van der Waals surface area contributed by atoms with Gasteiger partial charge in [0.2, 0.25) is 0 Å². The molecule has 0 heterocycles. The summed E-state index contributed by atoms with van der Waals surface area (Å²) in [4.78, 5) is 11.5. The summed E-state index contributed by atoms with van der Waals surface area (Å²) in [5.41, 5.74) is 1.64. The van der Waals surface area contributed by atoms with E-state index in [2.05, 4.69) is 20.4 Å². The van der Waals surface area contributed by atoms with Crippen LogP contribution in [0.2, 0.25) is 0 Å². The van der Waals surface area contributed by atoms with Crippen LogP contribution in [0.4, 0.5) is 0 Å². The maximum atomic E-state index is 11.5. The second kappa shape index (κ2) is 3.15. The Bertz CT molecular complexity index is 396. The normalized spacial score (nSPS) is 46.9. The molecule has 0 saturated heterocycles. The van der Waals surface area contributed by atoms with Gasteiger partial charge in [0.05, 0.1) is 5.92 Å². The van der Waals surface area contributed by atoms with Crippen LogP contribution in [0.3, 0.4) is 0 Å². The van der Waals surface area contributed by atoms with Crippen LogP contribution in [0.1, 0.15) is 46.0 Å². The molecule has 2 bridgehead atoms. The standard InChI is InChI=1S/C15H22O2/c1-9-11-4-5-12(13(16)17)15(11)7-6-10(8-15)14(9,2)3/h10-12H,1,4-8H2,2-3H3,(H,16,17)/t10-,11-,12-,15-/m0/s1. The molecular formula is C15H22O2. The molecule has 0 aliphatic heterocycles. The highest BCUT2D eigenvalue weighted by Crippen LogP contribution is 2.70. The average Bonchev–Trinajstić information content (AvgIpc) is 2.81. The van der Waals surface area contributed by atoms with Gasteiger partial charge in [-0.3, -0.25) is 4.79 Å². The van der Waals surface area contributed by atoms with E-state index in [0.717, 1.165) is 25.7 Å². The summed E-state index contributed by atoms with van der Waals surface area (Å²) in [6.45, 7) is 8.96. The van der Waals surface area contributed by atoms with Crippen molar-refractivity contribution >= 4 is 5.97 Å². The zero-order chi connectivity index (χ0) is 12.4. The molecule has 3 saturated carbocycles. The molecule has 2 heteroatoms. The molecule has 2 nitrogen and oxygen atoms in total. The fraction of sp³-hybridized carbons (Fsp3) is 0.800. The molecular weight excluding hydrogens is 212 g/mol. The molecule has 1 spiro atoms. The summed E-state index contributed by atoms with van der Waals surface area (Å²) in [5, 5.41) is 9.45. The van der Waals surface area contributed by atoms with Gasteiger partial charge >= 0.3 is 5.97 Å². The van der Waals surface area contributed by atoms with Gasteiger partial charge in [0.1, 0.15) is 0 Å². The molecule has 0 aromatic rings.